The molecular formula is C18H22FN. The summed E-state index contributed by atoms with van der Waals surface area (Å²) < 4.78 is 15.2. The topological polar surface area (TPSA) is 26.0 Å². The van der Waals surface area contributed by atoms with Gasteiger partial charge in [-0.1, -0.05) is 75.4 Å². The minimum atomic E-state index is -1.51. The second-order valence-corrected chi connectivity index (χ2v) is 6.20. The molecule has 106 valence electrons. The van der Waals surface area contributed by atoms with Crippen molar-refractivity contribution in [1.29, 1.82) is 0 Å². The molecule has 0 radical (unpaired) electrons. The zero-order valence-corrected chi connectivity index (χ0v) is 12.4. The molecule has 0 spiro atoms. The van der Waals surface area contributed by atoms with E-state index >= 15 is 4.39 Å². The quantitative estimate of drug-likeness (QED) is 0.872. The van der Waals surface area contributed by atoms with Crippen molar-refractivity contribution >= 4 is 0 Å². The van der Waals surface area contributed by atoms with Gasteiger partial charge < -0.3 is 5.73 Å². The predicted octanol–water partition coefficient (Wildman–Crippen LogP) is 4.52. The average Bonchev–Trinajstić information content (AvgIpc) is 2.46. The average molecular weight is 271 g/mol. The third-order valence-electron chi connectivity index (χ3n) is 3.92. The molecular weight excluding hydrogens is 249 g/mol. The van der Waals surface area contributed by atoms with Crippen LogP contribution in [0, 0.1) is 5.41 Å². The summed E-state index contributed by atoms with van der Waals surface area (Å²) in [6, 6.07) is 17.7. The summed E-state index contributed by atoms with van der Waals surface area (Å²) >= 11 is 0. The van der Waals surface area contributed by atoms with Gasteiger partial charge >= 0.3 is 0 Å². The van der Waals surface area contributed by atoms with Gasteiger partial charge in [-0.2, -0.15) is 0 Å². The van der Waals surface area contributed by atoms with Gasteiger partial charge in [-0.05, 0) is 16.7 Å². The van der Waals surface area contributed by atoms with E-state index in [2.05, 4.69) is 0 Å². The number of halogens is 1. The lowest BCUT2D eigenvalue weighted by atomic mass is 9.73. The lowest BCUT2D eigenvalue weighted by molar-refractivity contribution is 0.0343. The Kier molecular flexibility index (Phi) is 3.96. The molecule has 2 N–H and O–H groups in total. The van der Waals surface area contributed by atoms with Crippen LogP contribution in [-0.2, 0) is 5.67 Å². The summed E-state index contributed by atoms with van der Waals surface area (Å²) in [4.78, 5) is 0. The Morgan fingerprint density at radius 3 is 1.80 bits per heavy atom. The molecule has 0 bridgehead atoms. The van der Waals surface area contributed by atoms with E-state index in [1.54, 1.807) is 0 Å². The van der Waals surface area contributed by atoms with Crippen LogP contribution < -0.4 is 5.73 Å². The molecule has 1 unspecified atom stereocenters. The first-order valence-electron chi connectivity index (χ1n) is 6.93. The molecule has 0 amide bonds. The molecule has 1 atom stereocenters. The normalized spacial score (nSPS) is 14.8. The number of rotatable bonds is 3. The minimum absolute atomic E-state index is 0.0127. The van der Waals surface area contributed by atoms with Crippen molar-refractivity contribution in [1.82, 2.24) is 0 Å². The summed E-state index contributed by atoms with van der Waals surface area (Å²) in [5.74, 6) is 0. The van der Waals surface area contributed by atoms with E-state index in [0.29, 0.717) is 5.56 Å². The minimum Gasteiger partial charge on any atom is -0.327 e. The van der Waals surface area contributed by atoms with E-state index in [1.165, 1.54) is 0 Å². The van der Waals surface area contributed by atoms with Crippen molar-refractivity contribution in [3.63, 3.8) is 0 Å². The van der Waals surface area contributed by atoms with Gasteiger partial charge in [0.15, 0.2) is 5.67 Å². The van der Waals surface area contributed by atoms with Crippen LogP contribution in [0.5, 0.6) is 0 Å². The highest BCUT2D eigenvalue weighted by Crippen LogP contribution is 2.42. The van der Waals surface area contributed by atoms with Gasteiger partial charge in [0.05, 0.1) is 0 Å². The molecule has 0 saturated carbocycles. The Morgan fingerprint density at radius 1 is 0.850 bits per heavy atom. The number of hydrogen-bond donors (Lipinski definition) is 1. The molecule has 0 fully saturated rings. The van der Waals surface area contributed by atoms with Crippen LogP contribution in [0.2, 0.25) is 0 Å². The highest BCUT2D eigenvalue weighted by Gasteiger charge is 2.42. The molecule has 20 heavy (non-hydrogen) atoms. The monoisotopic (exact) mass is 271 g/mol. The van der Waals surface area contributed by atoms with Crippen molar-refractivity contribution in [3.8, 4) is 11.1 Å². The molecule has 2 rings (SSSR count). The lowest BCUT2D eigenvalue weighted by Gasteiger charge is -2.37. The molecule has 1 nitrogen and oxygen atoms in total. The van der Waals surface area contributed by atoms with Crippen LogP contribution in [0.1, 0.15) is 26.3 Å². The third-order valence-corrected chi connectivity index (χ3v) is 3.92. The molecule has 0 aliphatic carbocycles. The molecule has 2 aromatic rings. The Balaban J connectivity index is 2.38. The van der Waals surface area contributed by atoms with Crippen LogP contribution in [-0.4, -0.2) is 6.54 Å². The smallest absolute Gasteiger partial charge is 0.152 e. The number of nitrogens with two attached hydrogens (primary N) is 1. The second kappa shape index (κ2) is 5.37. The summed E-state index contributed by atoms with van der Waals surface area (Å²) in [5.41, 5.74) is 6.52. The summed E-state index contributed by atoms with van der Waals surface area (Å²) in [6.07, 6.45) is 0. The molecule has 0 aromatic heterocycles. The second-order valence-electron chi connectivity index (χ2n) is 6.20. The molecule has 0 aliphatic heterocycles. The molecule has 0 heterocycles. The fourth-order valence-corrected chi connectivity index (χ4v) is 2.41. The Bertz CT molecular complexity index is 554. The van der Waals surface area contributed by atoms with Crippen molar-refractivity contribution in [3.05, 3.63) is 60.2 Å². The summed E-state index contributed by atoms with van der Waals surface area (Å²) in [6.45, 7) is 5.63. The molecule has 2 heteroatoms. The van der Waals surface area contributed by atoms with Gasteiger partial charge in [0.1, 0.15) is 0 Å². The molecule has 0 saturated heterocycles. The highest BCUT2D eigenvalue weighted by molar-refractivity contribution is 5.63. The van der Waals surface area contributed by atoms with Crippen molar-refractivity contribution in [2.24, 2.45) is 11.1 Å². The Labute approximate surface area is 120 Å². The van der Waals surface area contributed by atoms with Gasteiger partial charge in [0, 0.05) is 12.0 Å². The van der Waals surface area contributed by atoms with E-state index in [1.807, 2.05) is 75.4 Å². The third kappa shape index (κ3) is 2.61. The van der Waals surface area contributed by atoms with E-state index in [-0.39, 0.29) is 6.54 Å². The highest BCUT2D eigenvalue weighted by atomic mass is 19.1. The van der Waals surface area contributed by atoms with Crippen molar-refractivity contribution in [2.75, 3.05) is 6.54 Å². The van der Waals surface area contributed by atoms with Crippen LogP contribution in [0.15, 0.2) is 54.6 Å². The van der Waals surface area contributed by atoms with Crippen LogP contribution in [0.3, 0.4) is 0 Å². The standard InChI is InChI=1S/C18H22FN/c1-17(2,3)18(19,13-20)16-11-9-15(10-12-16)14-7-5-4-6-8-14/h4-12H,13,20H2,1-3H3. The Morgan fingerprint density at radius 2 is 1.35 bits per heavy atom. The maximum absolute atomic E-state index is 15.2. The maximum atomic E-state index is 15.2. The number of hydrogen-bond acceptors (Lipinski definition) is 1. The van der Waals surface area contributed by atoms with Crippen molar-refractivity contribution < 1.29 is 4.39 Å². The number of benzene rings is 2. The van der Waals surface area contributed by atoms with Gasteiger partial charge in [-0.3, -0.25) is 0 Å². The van der Waals surface area contributed by atoms with Crippen LogP contribution >= 0.6 is 0 Å². The predicted molar refractivity (Wildman–Crippen MR) is 83.2 cm³/mol. The molecule has 2 aromatic carbocycles. The summed E-state index contributed by atoms with van der Waals surface area (Å²) in [5, 5.41) is 0. The fraction of sp³-hybridized carbons (Fsp3) is 0.333. The lowest BCUT2D eigenvalue weighted by Crippen LogP contribution is -2.42. The Hall–Kier alpha value is -1.67. The first-order valence-corrected chi connectivity index (χ1v) is 6.93. The van der Waals surface area contributed by atoms with E-state index in [0.717, 1.165) is 11.1 Å². The molecule has 0 aliphatic rings. The van der Waals surface area contributed by atoms with E-state index in [4.69, 9.17) is 5.73 Å². The van der Waals surface area contributed by atoms with Crippen LogP contribution in [0.25, 0.3) is 11.1 Å². The van der Waals surface area contributed by atoms with Gasteiger partial charge in [0.25, 0.3) is 0 Å². The first-order chi connectivity index (χ1) is 9.38. The van der Waals surface area contributed by atoms with Crippen LogP contribution in [0.4, 0.5) is 4.39 Å². The first kappa shape index (κ1) is 14.7. The fourth-order valence-electron chi connectivity index (χ4n) is 2.41. The van der Waals surface area contributed by atoms with E-state index < -0.39 is 11.1 Å². The zero-order valence-electron chi connectivity index (χ0n) is 12.4. The largest absolute Gasteiger partial charge is 0.327 e. The van der Waals surface area contributed by atoms with Gasteiger partial charge in [0.2, 0.25) is 0 Å². The van der Waals surface area contributed by atoms with Gasteiger partial charge in [-0.25, -0.2) is 4.39 Å². The SMILES string of the molecule is CC(C)(C)C(F)(CN)c1ccc(-c2ccccc2)cc1. The van der Waals surface area contributed by atoms with E-state index in [9.17, 15) is 0 Å². The maximum Gasteiger partial charge on any atom is 0.152 e. The van der Waals surface area contributed by atoms with Gasteiger partial charge in [-0.15, -0.1) is 0 Å². The zero-order chi connectivity index (χ0) is 14.8. The number of alkyl halides is 1. The summed E-state index contributed by atoms with van der Waals surface area (Å²) in [7, 11) is 0. The van der Waals surface area contributed by atoms with Crippen molar-refractivity contribution in [2.45, 2.75) is 26.4 Å².